The Hall–Kier alpha value is -1.75. The fourth-order valence-electron chi connectivity index (χ4n) is 2.09. The van der Waals surface area contributed by atoms with E-state index in [0.717, 1.165) is 11.1 Å². The van der Waals surface area contributed by atoms with Crippen molar-refractivity contribution in [1.29, 1.82) is 0 Å². The number of aryl methyl sites for hydroxylation is 2. The van der Waals surface area contributed by atoms with Gasteiger partial charge in [-0.25, -0.2) is 4.79 Å². The molecule has 0 atom stereocenters. The van der Waals surface area contributed by atoms with Gasteiger partial charge in [-0.1, -0.05) is 18.2 Å². The van der Waals surface area contributed by atoms with E-state index in [9.17, 15) is 9.90 Å². The molecule has 1 amide bonds. The lowest BCUT2D eigenvalue weighted by Crippen LogP contribution is -2.41. The molecule has 0 unspecified atom stereocenters. The van der Waals surface area contributed by atoms with Crippen molar-refractivity contribution in [3.8, 4) is 5.75 Å². The summed E-state index contributed by atoms with van der Waals surface area (Å²) in [5.74, 6) is 0.287. The minimum atomic E-state index is -0.423. The average molecular weight is 309 g/mol. The first-order valence-electron chi connectivity index (χ1n) is 7.69. The lowest BCUT2D eigenvalue weighted by atomic mass is 10.0. The van der Waals surface area contributed by atoms with Crippen molar-refractivity contribution in [2.75, 3.05) is 13.2 Å². The van der Waals surface area contributed by atoms with Crippen molar-refractivity contribution >= 4 is 6.09 Å². The predicted octanol–water partition coefficient (Wildman–Crippen LogP) is 2.77. The number of rotatable bonds is 7. The largest absolute Gasteiger partial charge is 0.507 e. The number of nitrogens with one attached hydrogen (secondary N) is 1. The number of ether oxygens (including phenoxy) is 1. The number of amides is 1. The van der Waals surface area contributed by atoms with E-state index >= 15 is 0 Å². The topological polar surface area (TPSA) is 78.8 Å². The predicted molar refractivity (Wildman–Crippen MR) is 86.1 cm³/mol. The monoisotopic (exact) mass is 309 g/mol. The molecule has 0 aromatic heterocycles. The van der Waals surface area contributed by atoms with Gasteiger partial charge in [0, 0.05) is 12.1 Å². The fraction of sp³-hybridized carbons (Fsp3) is 0.588. The summed E-state index contributed by atoms with van der Waals surface area (Å²) in [5.41, 5.74) is 1.38. The number of alkyl carbamates (subject to hydrolysis) is 1. The molecule has 0 bridgehead atoms. The quantitative estimate of drug-likeness (QED) is 0.677. The molecule has 0 aliphatic rings. The zero-order valence-corrected chi connectivity index (χ0v) is 13.7. The van der Waals surface area contributed by atoms with Crippen LogP contribution < -0.4 is 5.32 Å². The highest BCUT2D eigenvalue weighted by atomic mass is 16.5. The summed E-state index contributed by atoms with van der Waals surface area (Å²) in [6.45, 7) is 6.10. The van der Waals surface area contributed by atoms with E-state index in [0.29, 0.717) is 32.3 Å². The lowest BCUT2D eigenvalue weighted by Gasteiger charge is -2.19. The van der Waals surface area contributed by atoms with Gasteiger partial charge in [-0.2, -0.15) is 0 Å². The van der Waals surface area contributed by atoms with Gasteiger partial charge in [-0.05, 0) is 57.6 Å². The molecule has 3 N–H and O–H groups in total. The SMILES string of the molecule is CC(C)(C)NC(=O)OCCCc1cccc(CCCO)c1O. The number of aliphatic hydroxyl groups excluding tert-OH is 1. The summed E-state index contributed by atoms with van der Waals surface area (Å²) in [5, 5.41) is 21.8. The third-order valence-corrected chi connectivity index (χ3v) is 3.11. The zero-order chi connectivity index (χ0) is 16.6. The van der Waals surface area contributed by atoms with Crippen LogP contribution in [0.3, 0.4) is 0 Å². The first-order valence-corrected chi connectivity index (χ1v) is 7.69. The van der Waals surface area contributed by atoms with Crippen LogP contribution >= 0.6 is 0 Å². The maximum Gasteiger partial charge on any atom is 0.407 e. The van der Waals surface area contributed by atoms with E-state index in [1.54, 1.807) is 0 Å². The second-order valence-electron chi connectivity index (χ2n) is 6.37. The molecule has 124 valence electrons. The van der Waals surface area contributed by atoms with Crippen molar-refractivity contribution in [1.82, 2.24) is 5.32 Å². The second-order valence-corrected chi connectivity index (χ2v) is 6.37. The number of carbonyl (C=O) groups is 1. The maximum atomic E-state index is 11.5. The van der Waals surface area contributed by atoms with Gasteiger partial charge in [0.1, 0.15) is 5.75 Å². The molecule has 1 aromatic carbocycles. The molecule has 0 radical (unpaired) electrons. The van der Waals surface area contributed by atoms with Gasteiger partial charge >= 0.3 is 6.09 Å². The molecule has 0 heterocycles. The molecule has 1 aromatic rings. The van der Waals surface area contributed by atoms with Gasteiger partial charge in [0.05, 0.1) is 6.61 Å². The Bertz CT molecular complexity index is 480. The summed E-state index contributed by atoms with van der Waals surface area (Å²) >= 11 is 0. The summed E-state index contributed by atoms with van der Waals surface area (Å²) < 4.78 is 5.11. The number of phenols is 1. The van der Waals surface area contributed by atoms with Crippen molar-refractivity contribution in [2.45, 2.75) is 52.0 Å². The van der Waals surface area contributed by atoms with Gasteiger partial charge in [-0.3, -0.25) is 0 Å². The van der Waals surface area contributed by atoms with Gasteiger partial charge < -0.3 is 20.3 Å². The van der Waals surface area contributed by atoms with Crippen LogP contribution in [0.25, 0.3) is 0 Å². The standard InChI is InChI=1S/C17H27NO4/c1-17(2,3)18-16(21)22-12-6-10-14-8-4-7-13(15(14)20)9-5-11-19/h4,7-8,19-20H,5-6,9-12H2,1-3H3,(H,18,21). The molecule has 0 aliphatic carbocycles. The summed E-state index contributed by atoms with van der Waals surface area (Å²) in [7, 11) is 0. The maximum absolute atomic E-state index is 11.5. The number of phenolic OH excluding ortho intramolecular Hbond substituents is 1. The number of benzene rings is 1. The third kappa shape index (κ3) is 6.80. The molecule has 1 rings (SSSR count). The minimum Gasteiger partial charge on any atom is -0.507 e. The highest BCUT2D eigenvalue weighted by Crippen LogP contribution is 2.24. The van der Waals surface area contributed by atoms with Crippen molar-refractivity contribution in [2.24, 2.45) is 0 Å². The summed E-state index contributed by atoms with van der Waals surface area (Å²) in [4.78, 5) is 11.5. The molecule has 5 nitrogen and oxygen atoms in total. The molecule has 0 aliphatic heterocycles. The highest BCUT2D eigenvalue weighted by Gasteiger charge is 2.14. The lowest BCUT2D eigenvalue weighted by molar-refractivity contribution is 0.136. The van der Waals surface area contributed by atoms with E-state index in [-0.39, 0.29) is 17.9 Å². The van der Waals surface area contributed by atoms with Crippen LogP contribution in [0.4, 0.5) is 4.79 Å². The van der Waals surface area contributed by atoms with E-state index in [1.807, 2.05) is 39.0 Å². The molecular formula is C17H27NO4. The number of aliphatic hydroxyl groups is 1. The molecule has 0 saturated heterocycles. The van der Waals surface area contributed by atoms with Crippen LogP contribution in [0.15, 0.2) is 18.2 Å². The normalized spacial score (nSPS) is 11.3. The number of para-hydroxylation sites is 1. The van der Waals surface area contributed by atoms with E-state index in [1.165, 1.54) is 0 Å². The van der Waals surface area contributed by atoms with E-state index in [4.69, 9.17) is 9.84 Å². The molecule has 0 spiro atoms. The van der Waals surface area contributed by atoms with Crippen LogP contribution in [0.2, 0.25) is 0 Å². The van der Waals surface area contributed by atoms with Gasteiger partial charge in [0.25, 0.3) is 0 Å². The first kappa shape index (κ1) is 18.3. The van der Waals surface area contributed by atoms with E-state index < -0.39 is 6.09 Å². The Kier molecular flexibility index (Phi) is 7.18. The molecule has 0 fully saturated rings. The van der Waals surface area contributed by atoms with E-state index in [2.05, 4.69) is 5.32 Å². The average Bonchev–Trinajstić information content (AvgIpc) is 2.42. The molecule has 22 heavy (non-hydrogen) atoms. The van der Waals surface area contributed by atoms with Crippen LogP contribution in [0, 0.1) is 0 Å². The van der Waals surface area contributed by atoms with Crippen LogP contribution in [-0.4, -0.2) is 35.1 Å². The number of hydrogen-bond acceptors (Lipinski definition) is 4. The van der Waals surface area contributed by atoms with Crippen LogP contribution in [0.1, 0.15) is 44.7 Å². The number of aromatic hydroxyl groups is 1. The molecular weight excluding hydrogens is 282 g/mol. The summed E-state index contributed by atoms with van der Waals surface area (Å²) in [6.07, 6.45) is 2.15. The minimum absolute atomic E-state index is 0.112. The second kappa shape index (κ2) is 8.63. The molecule has 0 saturated carbocycles. The third-order valence-electron chi connectivity index (χ3n) is 3.11. The van der Waals surface area contributed by atoms with Gasteiger partial charge in [0.15, 0.2) is 0 Å². The molecule has 5 heteroatoms. The number of hydrogen-bond donors (Lipinski definition) is 3. The van der Waals surface area contributed by atoms with Crippen molar-refractivity contribution < 1.29 is 19.7 Å². The van der Waals surface area contributed by atoms with Gasteiger partial charge in [-0.15, -0.1) is 0 Å². The van der Waals surface area contributed by atoms with Crippen LogP contribution in [-0.2, 0) is 17.6 Å². The Balaban J connectivity index is 2.40. The smallest absolute Gasteiger partial charge is 0.407 e. The van der Waals surface area contributed by atoms with Gasteiger partial charge in [0.2, 0.25) is 0 Å². The fourth-order valence-corrected chi connectivity index (χ4v) is 2.09. The highest BCUT2D eigenvalue weighted by molar-refractivity contribution is 5.68. The summed E-state index contributed by atoms with van der Waals surface area (Å²) in [6, 6.07) is 5.63. The Morgan fingerprint density at radius 1 is 1.18 bits per heavy atom. The van der Waals surface area contributed by atoms with Crippen molar-refractivity contribution in [3.05, 3.63) is 29.3 Å². The van der Waals surface area contributed by atoms with Crippen molar-refractivity contribution in [3.63, 3.8) is 0 Å². The Morgan fingerprint density at radius 2 is 1.77 bits per heavy atom. The zero-order valence-electron chi connectivity index (χ0n) is 13.7. The Labute approximate surface area is 132 Å². The Morgan fingerprint density at radius 3 is 2.32 bits per heavy atom. The van der Waals surface area contributed by atoms with Crippen LogP contribution in [0.5, 0.6) is 5.75 Å². The first-order chi connectivity index (χ1) is 10.3. The number of carbonyl (C=O) groups excluding carboxylic acids is 1.